The van der Waals surface area contributed by atoms with Gasteiger partial charge in [0.05, 0.1) is 0 Å². The van der Waals surface area contributed by atoms with Crippen LogP contribution in [0.2, 0.25) is 0 Å². The molecule has 0 heterocycles. The molecular weight excluding hydrogens is 284 g/mol. The van der Waals surface area contributed by atoms with E-state index in [2.05, 4.69) is 74.0 Å². The zero-order valence-corrected chi connectivity index (χ0v) is 13.5. The largest absolute Gasteiger partial charge is 0.0876 e. The van der Waals surface area contributed by atoms with E-state index >= 15 is 0 Å². The molecule has 1 heteroatoms. The molecule has 0 N–H and O–H groups in total. The maximum Gasteiger partial charge on any atom is 0.0283 e. The van der Waals surface area contributed by atoms with Crippen molar-refractivity contribution in [3.8, 4) is 0 Å². The van der Waals surface area contributed by atoms with Gasteiger partial charge in [-0.2, -0.15) is 0 Å². The van der Waals surface area contributed by atoms with E-state index in [1.165, 1.54) is 29.5 Å². The van der Waals surface area contributed by atoms with Crippen LogP contribution in [0, 0.1) is 10.8 Å². The molecule has 0 atom stereocenters. The second-order valence-electron chi connectivity index (χ2n) is 6.88. The average Bonchev–Trinajstić information content (AvgIpc) is 2.27. The van der Waals surface area contributed by atoms with Crippen molar-refractivity contribution in [3.05, 3.63) is 41.5 Å². The Bertz CT molecular complexity index is 449. The minimum atomic E-state index is 0.275. The van der Waals surface area contributed by atoms with Crippen LogP contribution in [0.4, 0.5) is 0 Å². The van der Waals surface area contributed by atoms with Gasteiger partial charge in [-0.3, -0.25) is 0 Å². The van der Waals surface area contributed by atoms with Gasteiger partial charge in [0, 0.05) is 5.33 Å². The van der Waals surface area contributed by atoms with Crippen LogP contribution in [0.15, 0.2) is 30.3 Å². The first-order valence-electron chi connectivity index (χ1n) is 6.70. The average molecular weight is 307 g/mol. The molecule has 2 rings (SSSR count). The Hall–Kier alpha value is -0.560. The smallest absolute Gasteiger partial charge is 0.0283 e. The Kier molecular flexibility index (Phi) is 3.73. The van der Waals surface area contributed by atoms with Crippen LogP contribution >= 0.6 is 15.9 Å². The first kappa shape index (κ1) is 13.9. The number of alkyl halides is 1. The van der Waals surface area contributed by atoms with E-state index in [1.54, 1.807) is 0 Å². The summed E-state index contributed by atoms with van der Waals surface area (Å²) in [7, 11) is 0. The third-order valence-corrected chi connectivity index (χ3v) is 4.58. The molecule has 0 saturated heterocycles. The minimum absolute atomic E-state index is 0.275. The van der Waals surface area contributed by atoms with Crippen LogP contribution in [0.25, 0.3) is 5.57 Å². The highest BCUT2D eigenvalue weighted by atomic mass is 79.9. The lowest BCUT2D eigenvalue weighted by Crippen LogP contribution is -2.28. The van der Waals surface area contributed by atoms with Gasteiger partial charge < -0.3 is 0 Å². The summed E-state index contributed by atoms with van der Waals surface area (Å²) >= 11 is 3.50. The lowest BCUT2D eigenvalue weighted by atomic mass is 9.64. The fraction of sp³-hybridized carbons (Fsp3) is 0.529. The van der Waals surface area contributed by atoms with Crippen molar-refractivity contribution < 1.29 is 0 Å². The summed E-state index contributed by atoms with van der Waals surface area (Å²) in [5.41, 5.74) is 4.96. The molecular formula is C17H23Br. The van der Waals surface area contributed by atoms with E-state index in [0.717, 1.165) is 5.33 Å². The van der Waals surface area contributed by atoms with Crippen molar-refractivity contribution in [2.75, 3.05) is 0 Å². The van der Waals surface area contributed by atoms with Gasteiger partial charge in [-0.25, -0.2) is 0 Å². The monoisotopic (exact) mass is 306 g/mol. The molecule has 0 aromatic heterocycles. The van der Waals surface area contributed by atoms with Crippen LogP contribution in [0.3, 0.4) is 0 Å². The highest BCUT2D eigenvalue weighted by molar-refractivity contribution is 9.08. The van der Waals surface area contributed by atoms with Crippen LogP contribution in [-0.4, -0.2) is 0 Å². The van der Waals surface area contributed by atoms with E-state index in [4.69, 9.17) is 0 Å². The predicted octanol–water partition coefficient (Wildman–Crippen LogP) is 5.81. The lowest BCUT2D eigenvalue weighted by molar-refractivity contribution is 0.233. The van der Waals surface area contributed by atoms with E-state index in [9.17, 15) is 0 Å². The number of hydrogen-bond acceptors (Lipinski definition) is 0. The van der Waals surface area contributed by atoms with Crippen LogP contribution in [0.1, 0.15) is 51.7 Å². The number of hydrogen-bond donors (Lipinski definition) is 0. The lowest BCUT2D eigenvalue weighted by Gasteiger charge is -2.41. The molecule has 0 saturated carbocycles. The zero-order chi connectivity index (χ0) is 13.4. The van der Waals surface area contributed by atoms with Crippen molar-refractivity contribution in [3.63, 3.8) is 0 Å². The summed E-state index contributed by atoms with van der Waals surface area (Å²) in [6.45, 7) is 9.49. The zero-order valence-electron chi connectivity index (χ0n) is 11.9. The van der Waals surface area contributed by atoms with Crippen molar-refractivity contribution in [1.82, 2.24) is 0 Å². The highest BCUT2D eigenvalue weighted by Gasteiger charge is 2.35. The Labute approximate surface area is 120 Å². The van der Waals surface area contributed by atoms with Crippen molar-refractivity contribution in [1.29, 1.82) is 0 Å². The van der Waals surface area contributed by atoms with Gasteiger partial charge in [0.15, 0.2) is 0 Å². The van der Waals surface area contributed by atoms with Crippen molar-refractivity contribution >= 4 is 21.5 Å². The van der Waals surface area contributed by atoms with E-state index < -0.39 is 0 Å². The van der Waals surface area contributed by atoms with Gasteiger partial charge >= 0.3 is 0 Å². The molecule has 0 bridgehead atoms. The molecule has 0 nitrogen and oxygen atoms in total. The number of benzene rings is 1. The van der Waals surface area contributed by atoms with Gasteiger partial charge in [0.25, 0.3) is 0 Å². The van der Waals surface area contributed by atoms with E-state index in [0.29, 0.717) is 5.41 Å². The van der Waals surface area contributed by atoms with Gasteiger partial charge in [-0.1, -0.05) is 74.0 Å². The third-order valence-electron chi connectivity index (χ3n) is 3.93. The van der Waals surface area contributed by atoms with Crippen molar-refractivity contribution in [2.45, 2.75) is 45.9 Å². The Morgan fingerprint density at radius 1 is 1.06 bits per heavy atom. The predicted molar refractivity (Wildman–Crippen MR) is 83.8 cm³/mol. The molecule has 0 unspecified atom stereocenters. The first-order chi connectivity index (χ1) is 8.34. The van der Waals surface area contributed by atoms with Crippen LogP contribution < -0.4 is 0 Å². The molecule has 0 spiro atoms. The maximum atomic E-state index is 3.50. The van der Waals surface area contributed by atoms with Gasteiger partial charge in [-0.15, -0.1) is 0 Å². The summed E-state index contributed by atoms with van der Waals surface area (Å²) in [6.07, 6.45) is 4.89. The summed E-state index contributed by atoms with van der Waals surface area (Å²) in [4.78, 5) is 0. The summed E-state index contributed by atoms with van der Waals surface area (Å²) < 4.78 is 0. The van der Waals surface area contributed by atoms with Gasteiger partial charge in [0.2, 0.25) is 0 Å². The van der Waals surface area contributed by atoms with Gasteiger partial charge in [0.1, 0.15) is 0 Å². The Morgan fingerprint density at radius 3 is 2.17 bits per heavy atom. The first-order valence-corrected chi connectivity index (χ1v) is 7.82. The SMILES string of the molecule is CC1(C)CC=C(c2ccc(CBr)cc2)C(C)(C)C1. The number of rotatable bonds is 2. The third kappa shape index (κ3) is 2.88. The highest BCUT2D eigenvalue weighted by Crippen LogP contribution is 2.49. The van der Waals surface area contributed by atoms with E-state index in [-0.39, 0.29) is 5.41 Å². The molecule has 1 aliphatic rings. The summed E-state index contributed by atoms with van der Waals surface area (Å²) in [6, 6.07) is 8.98. The van der Waals surface area contributed by atoms with Gasteiger partial charge in [-0.05, 0) is 40.4 Å². The summed E-state index contributed by atoms with van der Waals surface area (Å²) in [5, 5.41) is 0.933. The van der Waals surface area contributed by atoms with E-state index in [1.807, 2.05) is 0 Å². The topological polar surface area (TPSA) is 0 Å². The fourth-order valence-corrected chi connectivity index (χ4v) is 3.67. The molecule has 0 amide bonds. The van der Waals surface area contributed by atoms with Crippen molar-refractivity contribution in [2.24, 2.45) is 10.8 Å². The molecule has 18 heavy (non-hydrogen) atoms. The minimum Gasteiger partial charge on any atom is -0.0876 e. The normalized spacial score (nSPS) is 21.5. The standard InChI is InChI=1S/C17H23Br/c1-16(2)10-9-15(17(3,4)12-16)14-7-5-13(11-18)6-8-14/h5-9H,10-12H2,1-4H3. The molecule has 0 radical (unpaired) electrons. The fourth-order valence-electron chi connectivity index (χ4n) is 3.30. The summed E-state index contributed by atoms with van der Waals surface area (Å²) in [5.74, 6) is 0. The van der Waals surface area contributed by atoms with Crippen LogP contribution in [-0.2, 0) is 5.33 Å². The quantitative estimate of drug-likeness (QED) is 0.605. The number of halogens is 1. The van der Waals surface area contributed by atoms with Crippen LogP contribution in [0.5, 0.6) is 0 Å². The molecule has 0 aliphatic heterocycles. The Balaban J connectivity index is 2.34. The molecule has 98 valence electrons. The molecule has 1 aromatic carbocycles. The molecule has 0 fully saturated rings. The second-order valence-corrected chi connectivity index (χ2v) is 7.44. The molecule has 1 aliphatic carbocycles. The molecule has 1 aromatic rings. The Morgan fingerprint density at radius 2 is 1.67 bits per heavy atom. The second kappa shape index (κ2) is 4.85. The maximum absolute atomic E-state index is 3.50. The number of allylic oxidation sites excluding steroid dienone is 2.